The number of carboxylic acids is 1. The lowest BCUT2D eigenvalue weighted by molar-refractivity contribution is -0.141. The molecule has 0 aromatic rings. The lowest BCUT2D eigenvalue weighted by atomic mass is 9.99. The number of aliphatic hydroxyl groups is 1. The first-order valence-corrected chi connectivity index (χ1v) is 3.69. The number of hydrogen-bond donors (Lipinski definition) is 2. The molecule has 1 saturated heterocycles. The maximum Gasteiger partial charge on any atom is 0.343 e. The van der Waals surface area contributed by atoms with Crippen molar-refractivity contribution in [3.8, 4) is 0 Å². The summed E-state index contributed by atoms with van der Waals surface area (Å²) in [6.07, 6.45) is 1.91. The van der Waals surface area contributed by atoms with Gasteiger partial charge in [0.2, 0.25) is 5.60 Å². The number of aliphatic hydroxyl groups excluding tert-OH is 1. The summed E-state index contributed by atoms with van der Waals surface area (Å²) in [5.41, 5.74) is -1.31. The van der Waals surface area contributed by atoms with E-state index < -0.39 is 17.7 Å². The maximum absolute atomic E-state index is 10.7. The zero-order valence-corrected chi connectivity index (χ0v) is 6.85. The van der Waals surface area contributed by atoms with Crippen molar-refractivity contribution in [3.05, 3.63) is 23.7 Å². The summed E-state index contributed by atoms with van der Waals surface area (Å²) in [7, 11) is 1.36. The number of aliphatic carboxylic acids is 1. The van der Waals surface area contributed by atoms with Crippen LogP contribution in [-0.4, -0.2) is 35.0 Å². The Balaban J connectivity index is 2.34. The fourth-order valence-corrected chi connectivity index (χ4v) is 1.40. The Morgan fingerprint density at radius 2 is 2.46 bits per heavy atom. The van der Waals surface area contributed by atoms with Crippen LogP contribution >= 0.6 is 0 Å². The third-order valence-electron chi connectivity index (χ3n) is 2.18. The van der Waals surface area contributed by atoms with Gasteiger partial charge in [-0.2, -0.15) is 0 Å². The minimum atomic E-state index is -1.31. The molecule has 1 aliphatic carbocycles. The summed E-state index contributed by atoms with van der Waals surface area (Å²) in [6.45, 7) is 0. The molecule has 13 heavy (non-hydrogen) atoms. The van der Waals surface area contributed by atoms with Crippen molar-refractivity contribution in [2.75, 3.05) is 7.11 Å². The van der Waals surface area contributed by atoms with Gasteiger partial charge in [-0.3, -0.25) is 0 Å². The van der Waals surface area contributed by atoms with E-state index in [4.69, 9.17) is 14.6 Å². The molecule has 2 N–H and O–H groups in total. The molecule has 2 rings (SSSR count). The van der Waals surface area contributed by atoms with Crippen LogP contribution in [0.1, 0.15) is 0 Å². The van der Waals surface area contributed by atoms with Crippen LogP contribution in [0, 0.1) is 0 Å². The van der Waals surface area contributed by atoms with Gasteiger partial charge in [-0.15, -0.1) is 0 Å². The first-order chi connectivity index (χ1) is 6.12. The second-order valence-electron chi connectivity index (χ2n) is 2.88. The Labute approximate surface area is 73.9 Å². The molecule has 0 aromatic carbocycles. The van der Waals surface area contributed by atoms with E-state index in [9.17, 15) is 9.90 Å². The largest absolute Gasteiger partial charge is 0.504 e. The highest BCUT2D eigenvalue weighted by atomic mass is 16.7. The van der Waals surface area contributed by atoms with Crippen molar-refractivity contribution >= 4 is 5.97 Å². The molecular weight excluding hydrogens is 176 g/mol. The molecule has 1 aliphatic heterocycles. The van der Waals surface area contributed by atoms with Gasteiger partial charge in [0.15, 0.2) is 17.6 Å². The standard InChI is InChI=1S/C8H8O5/c1-12-5-4(9)2-3-8(7(10)11)6(5)13-8/h2-3,6,9H,1H3,(H,10,11). The van der Waals surface area contributed by atoms with Gasteiger partial charge in [0.05, 0.1) is 7.11 Å². The predicted molar refractivity (Wildman–Crippen MR) is 41.0 cm³/mol. The molecule has 0 spiro atoms. The highest BCUT2D eigenvalue weighted by molar-refractivity contribution is 5.86. The van der Waals surface area contributed by atoms with Gasteiger partial charge in [-0.05, 0) is 12.2 Å². The minimum Gasteiger partial charge on any atom is -0.504 e. The molecule has 0 amide bonds. The number of ether oxygens (including phenoxy) is 2. The van der Waals surface area contributed by atoms with Gasteiger partial charge < -0.3 is 19.7 Å². The minimum absolute atomic E-state index is 0.0816. The molecular formula is C8H8O5. The molecule has 0 saturated carbocycles. The molecule has 2 atom stereocenters. The summed E-state index contributed by atoms with van der Waals surface area (Å²) >= 11 is 0. The second kappa shape index (κ2) is 2.26. The first-order valence-electron chi connectivity index (χ1n) is 3.69. The van der Waals surface area contributed by atoms with Crippen molar-refractivity contribution in [1.29, 1.82) is 0 Å². The van der Waals surface area contributed by atoms with Gasteiger partial charge in [0.25, 0.3) is 0 Å². The normalized spacial score (nSPS) is 35.6. The number of allylic oxidation sites excluding steroid dienone is 1. The van der Waals surface area contributed by atoms with Crippen LogP contribution < -0.4 is 0 Å². The molecule has 2 aliphatic rings. The lowest BCUT2D eigenvalue weighted by Crippen LogP contribution is -2.28. The Morgan fingerprint density at radius 3 is 3.00 bits per heavy atom. The summed E-state index contributed by atoms with van der Waals surface area (Å²) in [5, 5.41) is 18.1. The zero-order valence-electron chi connectivity index (χ0n) is 6.85. The Bertz CT molecular complexity index is 329. The number of epoxide rings is 1. The van der Waals surface area contributed by atoms with Gasteiger partial charge in [-0.1, -0.05) is 0 Å². The van der Waals surface area contributed by atoms with E-state index in [-0.39, 0.29) is 11.5 Å². The molecule has 0 radical (unpaired) electrons. The molecule has 70 valence electrons. The van der Waals surface area contributed by atoms with E-state index >= 15 is 0 Å². The molecule has 5 heteroatoms. The fraction of sp³-hybridized carbons (Fsp3) is 0.375. The summed E-state index contributed by atoms with van der Waals surface area (Å²) in [5.74, 6) is -0.984. The van der Waals surface area contributed by atoms with Crippen LogP contribution in [0.15, 0.2) is 23.7 Å². The van der Waals surface area contributed by atoms with E-state index in [1.54, 1.807) is 0 Å². The first kappa shape index (κ1) is 8.12. The highest BCUT2D eigenvalue weighted by Gasteiger charge is 2.66. The predicted octanol–water partition coefficient (Wildman–Crippen LogP) is 0.194. The van der Waals surface area contributed by atoms with E-state index in [1.165, 1.54) is 19.3 Å². The van der Waals surface area contributed by atoms with Crippen LogP contribution in [0.2, 0.25) is 0 Å². The number of carboxylic acid groups (broad SMARTS) is 1. The monoisotopic (exact) mass is 184 g/mol. The Kier molecular flexibility index (Phi) is 1.41. The average molecular weight is 184 g/mol. The van der Waals surface area contributed by atoms with Gasteiger partial charge >= 0.3 is 5.97 Å². The van der Waals surface area contributed by atoms with Crippen molar-refractivity contribution in [2.45, 2.75) is 11.7 Å². The van der Waals surface area contributed by atoms with Crippen LogP contribution in [0.25, 0.3) is 0 Å². The van der Waals surface area contributed by atoms with Gasteiger partial charge in [0.1, 0.15) is 0 Å². The average Bonchev–Trinajstić information content (AvgIpc) is 2.80. The number of methoxy groups -OCH3 is 1. The molecule has 0 aromatic heterocycles. The quantitative estimate of drug-likeness (QED) is 0.599. The van der Waals surface area contributed by atoms with Crippen LogP contribution in [0.5, 0.6) is 0 Å². The van der Waals surface area contributed by atoms with Crippen molar-refractivity contribution in [3.63, 3.8) is 0 Å². The van der Waals surface area contributed by atoms with Crippen LogP contribution in [0.4, 0.5) is 0 Å². The van der Waals surface area contributed by atoms with E-state index in [0.717, 1.165) is 0 Å². The van der Waals surface area contributed by atoms with Crippen molar-refractivity contribution in [2.24, 2.45) is 0 Å². The molecule has 2 unspecified atom stereocenters. The topological polar surface area (TPSA) is 79.3 Å². The van der Waals surface area contributed by atoms with Gasteiger partial charge in [-0.25, -0.2) is 4.79 Å². The summed E-state index contributed by atoms with van der Waals surface area (Å²) < 4.78 is 9.79. The Hall–Kier alpha value is -1.49. The Morgan fingerprint density at radius 1 is 1.77 bits per heavy atom. The maximum atomic E-state index is 10.7. The van der Waals surface area contributed by atoms with Crippen molar-refractivity contribution < 1.29 is 24.5 Å². The van der Waals surface area contributed by atoms with Crippen LogP contribution in [0.3, 0.4) is 0 Å². The van der Waals surface area contributed by atoms with Gasteiger partial charge in [0, 0.05) is 0 Å². The van der Waals surface area contributed by atoms with E-state index in [1.807, 2.05) is 0 Å². The second-order valence-corrected chi connectivity index (χ2v) is 2.88. The highest BCUT2D eigenvalue weighted by Crippen LogP contribution is 2.46. The fourth-order valence-electron chi connectivity index (χ4n) is 1.40. The molecule has 5 nitrogen and oxygen atoms in total. The SMILES string of the molecule is COC1=C(O)C=CC2(C(=O)O)OC12. The number of hydrogen-bond acceptors (Lipinski definition) is 4. The van der Waals surface area contributed by atoms with Crippen LogP contribution in [-0.2, 0) is 14.3 Å². The third-order valence-corrected chi connectivity index (χ3v) is 2.18. The van der Waals surface area contributed by atoms with Crippen molar-refractivity contribution in [1.82, 2.24) is 0 Å². The van der Waals surface area contributed by atoms with E-state index in [0.29, 0.717) is 0 Å². The smallest absolute Gasteiger partial charge is 0.343 e. The summed E-state index contributed by atoms with van der Waals surface area (Å²) in [6, 6.07) is 0. The summed E-state index contributed by atoms with van der Waals surface area (Å²) in [4.78, 5) is 10.7. The molecule has 1 fully saturated rings. The third kappa shape index (κ3) is 0.874. The molecule has 0 bridgehead atoms. The zero-order chi connectivity index (χ0) is 9.64. The molecule has 1 heterocycles. The lowest BCUT2D eigenvalue weighted by Gasteiger charge is -2.10. The number of rotatable bonds is 2. The number of fused-ring (bicyclic) bond motifs is 1. The van der Waals surface area contributed by atoms with E-state index in [2.05, 4.69) is 0 Å². The number of carbonyl (C=O) groups is 1.